The summed E-state index contributed by atoms with van der Waals surface area (Å²) >= 11 is 0. The molecule has 1 unspecified atom stereocenters. The van der Waals surface area contributed by atoms with E-state index in [4.69, 9.17) is 14.5 Å². The first-order chi connectivity index (χ1) is 19.8. The number of carbonyl (C=O) groups excluding carboxylic acids is 1. The Hall–Kier alpha value is -3.77. The van der Waals surface area contributed by atoms with Gasteiger partial charge in [0.25, 0.3) is 0 Å². The maximum absolute atomic E-state index is 13.8. The molecule has 3 aromatic rings. The van der Waals surface area contributed by atoms with Gasteiger partial charge >= 0.3 is 0 Å². The fourth-order valence-corrected chi connectivity index (χ4v) is 7.23. The van der Waals surface area contributed by atoms with Crippen molar-refractivity contribution in [1.29, 1.82) is 0 Å². The van der Waals surface area contributed by atoms with Gasteiger partial charge in [-0.05, 0) is 79.6 Å². The van der Waals surface area contributed by atoms with E-state index in [1.807, 2.05) is 6.07 Å². The van der Waals surface area contributed by atoms with E-state index in [2.05, 4.69) is 22.1 Å². The summed E-state index contributed by atoms with van der Waals surface area (Å²) in [5.41, 5.74) is 1.29. The highest BCUT2D eigenvalue weighted by Gasteiger charge is 2.40. The average molecular weight is 582 g/mol. The Balaban J connectivity index is 1.30. The van der Waals surface area contributed by atoms with Crippen molar-refractivity contribution in [3.63, 3.8) is 0 Å². The van der Waals surface area contributed by atoms with Crippen LogP contribution in [0.5, 0.6) is 11.5 Å². The number of hydrogen-bond acceptors (Lipinski definition) is 8. The molecular formula is C29H32FN5O5S. The van der Waals surface area contributed by atoms with Crippen molar-refractivity contribution < 1.29 is 27.1 Å². The first-order valence-corrected chi connectivity index (χ1v) is 15.3. The molecule has 3 aliphatic heterocycles. The Morgan fingerprint density at radius 2 is 1.78 bits per heavy atom. The minimum atomic E-state index is -4.01. The first kappa shape index (κ1) is 27.4. The second-order valence-corrected chi connectivity index (χ2v) is 12.6. The number of nitrogens with one attached hydrogen (secondary N) is 1. The monoisotopic (exact) mass is 581 g/mol. The number of piperidine rings is 1. The van der Waals surface area contributed by atoms with Crippen molar-refractivity contribution >= 4 is 21.9 Å². The average Bonchev–Trinajstić information content (AvgIpc) is 3.67. The number of rotatable bonds is 7. The van der Waals surface area contributed by atoms with Gasteiger partial charge in [0.15, 0.2) is 11.5 Å². The fraction of sp³-hybridized carbons (Fsp3) is 0.414. The lowest BCUT2D eigenvalue weighted by Gasteiger charge is -2.31. The molecule has 10 nitrogen and oxygen atoms in total. The number of aromatic nitrogens is 2. The van der Waals surface area contributed by atoms with E-state index in [0.29, 0.717) is 47.5 Å². The summed E-state index contributed by atoms with van der Waals surface area (Å²) in [6, 6.07) is 10.2. The van der Waals surface area contributed by atoms with Crippen molar-refractivity contribution in [2.75, 3.05) is 31.3 Å². The molecule has 12 heteroatoms. The molecular weight excluding hydrogens is 549 g/mol. The van der Waals surface area contributed by atoms with Crippen LogP contribution in [0.15, 0.2) is 59.6 Å². The van der Waals surface area contributed by atoms with Crippen LogP contribution in [0.1, 0.15) is 49.9 Å². The van der Waals surface area contributed by atoms with Crippen molar-refractivity contribution in [3.8, 4) is 11.5 Å². The molecule has 0 bridgehead atoms. The predicted molar refractivity (Wildman–Crippen MR) is 149 cm³/mol. The normalized spacial score (nSPS) is 20.2. The smallest absolute Gasteiger partial charge is 0.243 e. The summed E-state index contributed by atoms with van der Waals surface area (Å²) < 4.78 is 52.6. The molecule has 3 aliphatic rings. The van der Waals surface area contributed by atoms with Gasteiger partial charge < -0.3 is 19.7 Å². The predicted octanol–water partition coefficient (Wildman–Crippen LogP) is 3.64. The van der Waals surface area contributed by atoms with Crippen LogP contribution in [0.2, 0.25) is 0 Å². The van der Waals surface area contributed by atoms with Crippen LogP contribution in [0.3, 0.4) is 0 Å². The molecule has 0 saturated carbocycles. The fourth-order valence-electron chi connectivity index (χ4n) is 5.57. The van der Waals surface area contributed by atoms with Crippen LogP contribution in [0, 0.1) is 11.7 Å². The van der Waals surface area contributed by atoms with Gasteiger partial charge in [0.2, 0.25) is 28.7 Å². The number of sulfonamides is 1. The van der Waals surface area contributed by atoms with E-state index < -0.39 is 33.8 Å². The lowest BCUT2D eigenvalue weighted by molar-refractivity contribution is -0.124. The molecule has 2 saturated heterocycles. The van der Waals surface area contributed by atoms with Gasteiger partial charge in [-0.1, -0.05) is 13.0 Å². The summed E-state index contributed by atoms with van der Waals surface area (Å²) in [7, 11) is -4.01. The lowest BCUT2D eigenvalue weighted by atomic mass is 9.99. The zero-order valence-electron chi connectivity index (χ0n) is 22.7. The highest BCUT2D eigenvalue weighted by atomic mass is 32.2. The van der Waals surface area contributed by atoms with Crippen LogP contribution >= 0.6 is 0 Å². The number of anilines is 1. The Bertz CT molecular complexity index is 1530. The summed E-state index contributed by atoms with van der Waals surface area (Å²) in [4.78, 5) is 25.3. The standard InChI is InChI=1S/C29H32FN5O5S/c1-19-11-15-34(16-12-19)29-31-13-10-23(32-29)27(20-4-9-25-26(17-20)40-18-39-25)33-28(36)24-3-2-14-35(24)41(37,38)22-7-5-21(30)6-8-22/h4-10,13,17,19,24,27H,2-3,11-12,14-16,18H2,1H3,(H,33,36)/t24-,27?/m0/s1. The number of ether oxygens (including phenoxy) is 2. The summed E-state index contributed by atoms with van der Waals surface area (Å²) in [6.07, 6.45) is 4.67. The van der Waals surface area contributed by atoms with E-state index in [-0.39, 0.29) is 18.2 Å². The quantitative estimate of drug-likeness (QED) is 0.450. The molecule has 0 aliphatic carbocycles. The number of hydrogen-bond donors (Lipinski definition) is 1. The molecule has 2 fully saturated rings. The van der Waals surface area contributed by atoms with E-state index in [1.165, 1.54) is 16.4 Å². The number of nitrogens with zero attached hydrogens (tertiary/aromatic N) is 4. The number of fused-ring (bicyclic) bond motifs is 1. The van der Waals surface area contributed by atoms with Crippen LogP contribution in [0.25, 0.3) is 0 Å². The third-order valence-electron chi connectivity index (χ3n) is 7.97. The van der Waals surface area contributed by atoms with Crippen LogP contribution in [-0.4, -0.2) is 61.1 Å². The van der Waals surface area contributed by atoms with Gasteiger partial charge in [-0.2, -0.15) is 4.31 Å². The number of halogens is 1. The molecule has 0 spiro atoms. The Morgan fingerprint density at radius 1 is 1.02 bits per heavy atom. The zero-order valence-corrected chi connectivity index (χ0v) is 23.5. The van der Waals surface area contributed by atoms with Gasteiger partial charge in [0.05, 0.1) is 16.6 Å². The van der Waals surface area contributed by atoms with Gasteiger partial charge in [-0.3, -0.25) is 4.79 Å². The second kappa shape index (κ2) is 11.2. The molecule has 1 amide bonds. The van der Waals surface area contributed by atoms with Gasteiger partial charge in [-0.15, -0.1) is 0 Å². The van der Waals surface area contributed by atoms with E-state index in [1.54, 1.807) is 24.4 Å². The second-order valence-electron chi connectivity index (χ2n) is 10.7. The molecule has 216 valence electrons. The summed E-state index contributed by atoms with van der Waals surface area (Å²) in [6.45, 7) is 4.24. The van der Waals surface area contributed by atoms with Gasteiger partial charge in [0, 0.05) is 25.8 Å². The molecule has 1 N–H and O–H groups in total. The molecule has 6 rings (SSSR count). The van der Waals surface area contributed by atoms with E-state index in [0.717, 1.165) is 38.1 Å². The first-order valence-electron chi connectivity index (χ1n) is 13.8. The Labute approximate surface area is 238 Å². The van der Waals surface area contributed by atoms with E-state index in [9.17, 15) is 17.6 Å². The van der Waals surface area contributed by atoms with Crippen LogP contribution < -0.4 is 19.7 Å². The Kier molecular flexibility index (Phi) is 7.52. The maximum atomic E-state index is 13.8. The number of amides is 1. The molecule has 0 radical (unpaired) electrons. The minimum Gasteiger partial charge on any atom is -0.454 e. The largest absolute Gasteiger partial charge is 0.454 e. The third-order valence-corrected chi connectivity index (χ3v) is 9.89. The van der Waals surface area contributed by atoms with Crippen molar-refractivity contribution in [2.45, 2.75) is 49.6 Å². The van der Waals surface area contributed by atoms with Gasteiger partial charge in [-0.25, -0.2) is 22.8 Å². The molecule has 1 aromatic heterocycles. The van der Waals surface area contributed by atoms with Crippen molar-refractivity contribution in [3.05, 3.63) is 71.8 Å². The topological polar surface area (TPSA) is 114 Å². The summed E-state index contributed by atoms with van der Waals surface area (Å²) in [5, 5.41) is 3.07. The molecule has 4 heterocycles. The third kappa shape index (κ3) is 5.58. The lowest BCUT2D eigenvalue weighted by Crippen LogP contribution is -2.47. The highest BCUT2D eigenvalue weighted by molar-refractivity contribution is 7.89. The molecule has 2 atom stereocenters. The minimum absolute atomic E-state index is 0.0535. The summed E-state index contributed by atoms with van der Waals surface area (Å²) in [5.74, 6) is 1.43. The maximum Gasteiger partial charge on any atom is 0.243 e. The van der Waals surface area contributed by atoms with Gasteiger partial charge in [0.1, 0.15) is 11.9 Å². The highest BCUT2D eigenvalue weighted by Crippen LogP contribution is 2.36. The Morgan fingerprint density at radius 3 is 2.56 bits per heavy atom. The van der Waals surface area contributed by atoms with Crippen molar-refractivity contribution in [2.24, 2.45) is 5.92 Å². The number of benzene rings is 2. The molecule has 2 aromatic carbocycles. The van der Waals surface area contributed by atoms with E-state index >= 15 is 0 Å². The van der Waals surface area contributed by atoms with Crippen molar-refractivity contribution in [1.82, 2.24) is 19.6 Å². The van der Waals surface area contributed by atoms with Crippen LogP contribution in [0.4, 0.5) is 10.3 Å². The number of carbonyl (C=O) groups is 1. The molecule has 41 heavy (non-hydrogen) atoms. The SMILES string of the molecule is CC1CCN(c2nccc(C(NC(=O)[C@@H]3CCCN3S(=O)(=O)c3ccc(F)cc3)c3ccc4c(c3)OCO4)n2)CC1. The zero-order chi connectivity index (χ0) is 28.6. The van der Waals surface area contributed by atoms with Crippen LogP contribution in [-0.2, 0) is 14.8 Å².